The van der Waals surface area contributed by atoms with Crippen LogP contribution in [0.5, 0.6) is 11.5 Å². The molecule has 4 nitrogen and oxygen atoms in total. The first-order chi connectivity index (χ1) is 8.24. The van der Waals surface area contributed by atoms with Gasteiger partial charge in [-0.2, -0.15) is 0 Å². The Morgan fingerprint density at radius 3 is 2.59 bits per heavy atom. The highest BCUT2D eigenvalue weighted by atomic mass is 16.5. The second kappa shape index (κ2) is 5.12. The van der Waals surface area contributed by atoms with E-state index < -0.39 is 0 Å². The summed E-state index contributed by atoms with van der Waals surface area (Å²) in [5, 5.41) is 3.28. The molecule has 1 aliphatic heterocycles. The maximum absolute atomic E-state index is 5.31. The Hall–Kier alpha value is -1.65. The minimum absolute atomic E-state index is 0.770. The largest absolute Gasteiger partial charge is 0.493 e. The van der Waals surface area contributed by atoms with Gasteiger partial charge in [-0.05, 0) is 17.7 Å². The number of amidine groups is 1. The quantitative estimate of drug-likeness (QED) is 0.712. The van der Waals surface area contributed by atoms with E-state index in [1.807, 2.05) is 12.1 Å². The average molecular weight is 232 g/mol. The van der Waals surface area contributed by atoms with Gasteiger partial charge in [0.05, 0.1) is 20.8 Å². The second-order valence-corrected chi connectivity index (χ2v) is 4.07. The zero-order chi connectivity index (χ0) is 12.3. The Bertz CT molecular complexity index is 446. The number of aliphatic imine (C=N–C) groups is 1. The number of hydrogen-bond acceptors (Lipinski definition) is 4. The monoisotopic (exact) mass is 232 g/mol. The van der Waals surface area contributed by atoms with Gasteiger partial charge in [-0.3, -0.25) is 4.99 Å². The summed E-state index contributed by atoms with van der Waals surface area (Å²) in [6.45, 7) is 1.82. The number of nitrogens with one attached hydrogen (secondary N) is 1. The van der Waals surface area contributed by atoms with Gasteiger partial charge in [0, 0.05) is 13.0 Å². The van der Waals surface area contributed by atoms with Crippen molar-refractivity contribution in [2.75, 3.05) is 27.3 Å². The van der Waals surface area contributed by atoms with E-state index in [0.717, 1.165) is 36.8 Å². The normalized spacial score (nSPS) is 14.1. The minimum atomic E-state index is 0.770. The van der Waals surface area contributed by atoms with Crippen molar-refractivity contribution in [2.24, 2.45) is 4.99 Å². The SMILES string of the molecule is Bc1cc(OC)c(OC)cc1CC1=NCCN1. The fourth-order valence-electron chi connectivity index (χ4n) is 1.96. The predicted molar refractivity (Wildman–Crippen MR) is 71.7 cm³/mol. The number of ether oxygens (including phenoxy) is 2. The third-order valence-electron chi connectivity index (χ3n) is 2.94. The Morgan fingerprint density at radius 2 is 2.00 bits per heavy atom. The number of rotatable bonds is 4. The summed E-state index contributed by atoms with van der Waals surface area (Å²) in [7, 11) is 5.38. The summed E-state index contributed by atoms with van der Waals surface area (Å²) < 4.78 is 10.6. The molecule has 0 saturated carbocycles. The second-order valence-electron chi connectivity index (χ2n) is 4.07. The molecular formula is C12H17BN2O2. The van der Waals surface area contributed by atoms with Gasteiger partial charge in [-0.1, -0.05) is 5.46 Å². The van der Waals surface area contributed by atoms with Crippen molar-refractivity contribution in [2.45, 2.75) is 6.42 Å². The molecule has 1 aliphatic rings. The van der Waals surface area contributed by atoms with Crippen LogP contribution in [0.4, 0.5) is 0 Å². The Balaban J connectivity index is 2.27. The van der Waals surface area contributed by atoms with Crippen LogP contribution >= 0.6 is 0 Å². The maximum atomic E-state index is 5.31. The molecule has 2 rings (SSSR count). The molecule has 0 aliphatic carbocycles. The molecule has 0 bridgehead atoms. The number of hydrogen-bond donors (Lipinski definition) is 1. The van der Waals surface area contributed by atoms with Crippen molar-refractivity contribution in [1.29, 1.82) is 0 Å². The highest BCUT2D eigenvalue weighted by Crippen LogP contribution is 2.26. The molecule has 1 N–H and O–H groups in total. The van der Waals surface area contributed by atoms with Crippen LogP contribution in [-0.4, -0.2) is 41.0 Å². The first-order valence-corrected chi connectivity index (χ1v) is 5.73. The van der Waals surface area contributed by atoms with E-state index in [4.69, 9.17) is 9.47 Å². The van der Waals surface area contributed by atoms with Crippen LogP contribution in [0.1, 0.15) is 5.56 Å². The lowest BCUT2D eigenvalue weighted by molar-refractivity contribution is 0.355. The Kier molecular flexibility index (Phi) is 3.56. The van der Waals surface area contributed by atoms with Crippen LogP contribution in [0.2, 0.25) is 0 Å². The number of methoxy groups -OCH3 is 2. The van der Waals surface area contributed by atoms with Gasteiger partial charge in [-0.25, -0.2) is 0 Å². The zero-order valence-corrected chi connectivity index (χ0v) is 10.5. The molecule has 0 fully saturated rings. The molecule has 0 aromatic heterocycles. The highest BCUT2D eigenvalue weighted by Gasteiger charge is 2.12. The van der Waals surface area contributed by atoms with Crippen molar-refractivity contribution >= 4 is 19.1 Å². The summed E-state index contributed by atoms with van der Waals surface area (Å²) in [6.07, 6.45) is 0.826. The van der Waals surface area contributed by atoms with Gasteiger partial charge in [0.1, 0.15) is 13.7 Å². The van der Waals surface area contributed by atoms with Gasteiger partial charge >= 0.3 is 0 Å². The standard InChI is InChI=1S/C12H17BN2O2/c1-16-10-5-8(6-12-14-3-4-15-12)9(13)7-11(10)17-2/h5,7H,3-4,6,13H2,1-2H3,(H,14,15). The van der Waals surface area contributed by atoms with Crippen LogP contribution < -0.4 is 20.3 Å². The van der Waals surface area contributed by atoms with E-state index in [9.17, 15) is 0 Å². The van der Waals surface area contributed by atoms with E-state index >= 15 is 0 Å². The third-order valence-corrected chi connectivity index (χ3v) is 2.94. The van der Waals surface area contributed by atoms with Crippen molar-refractivity contribution < 1.29 is 9.47 Å². The molecule has 0 spiro atoms. The fourth-order valence-corrected chi connectivity index (χ4v) is 1.96. The van der Waals surface area contributed by atoms with Gasteiger partial charge in [0.15, 0.2) is 11.5 Å². The average Bonchev–Trinajstić information content (AvgIpc) is 2.84. The van der Waals surface area contributed by atoms with Crippen molar-refractivity contribution in [3.63, 3.8) is 0 Å². The smallest absolute Gasteiger partial charge is 0.160 e. The van der Waals surface area contributed by atoms with Crippen LogP contribution in [0.25, 0.3) is 0 Å². The molecular weight excluding hydrogens is 215 g/mol. The lowest BCUT2D eigenvalue weighted by Gasteiger charge is -2.13. The molecule has 1 aromatic carbocycles. The molecule has 0 unspecified atom stereocenters. The molecule has 0 saturated heterocycles. The molecule has 5 heteroatoms. The van der Waals surface area contributed by atoms with Crippen molar-refractivity contribution in [3.8, 4) is 11.5 Å². The summed E-state index contributed by atoms with van der Waals surface area (Å²) in [5.41, 5.74) is 2.41. The Morgan fingerprint density at radius 1 is 1.29 bits per heavy atom. The number of nitrogens with zero attached hydrogens (tertiary/aromatic N) is 1. The van der Waals surface area contributed by atoms with E-state index in [0.29, 0.717) is 0 Å². The summed E-state index contributed by atoms with van der Waals surface area (Å²) >= 11 is 0. The summed E-state index contributed by atoms with van der Waals surface area (Å²) in [5.74, 6) is 2.60. The molecule has 90 valence electrons. The van der Waals surface area contributed by atoms with Crippen LogP contribution in [0.3, 0.4) is 0 Å². The lowest BCUT2D eigenvalue weighted by Crippen LogP contribution is -2.24. The highest BCUT2D eigenvalue weighted by molar-refractivity contribution is 6.33. The summed E-state index contributed by atoms with van der Waals surface area (Å²) in [6, 6.07) is 4.03. The molecule has 17 heavy (non-hydrogen) atoms. The van der Waals surface area contributed by atoms with Crippen LogP contribution in [-0.2, 0) is 6.42 Å². The predicted octanol–water partition coefficient (Wildman–Crippen LogP) is -0.494. The van der Waals surface area contributed by atoms with Gasteiger partial charge in [-0.15, -0.1) is 0 Å². The zero-order valence-electron chi connectivity index (χ0n) is 10.5. The van der Waals surface area contributed by atoms with Gasteiger partial charge in [0.25, 0.3) is 0 Å². The van der Waals surface area contributed by atoms with Crippen LogP contribution in [0.15, 0.2) is 17.1 Å². The number of benzene rings is 1. The Labute approximate surface area is 102 Å². The maximum Gasteiger partial charge on any atom is 0.160 e. The molecule has 0 atom stereocenters. The first-order valence-electron chi connectivity index (χ1n) is 5.73. The van der Waals surface area contributed by atoms with Crippen molar-refractivity contribution in [1.82, 2.24) is 5.32 Å². The van der Waals surface area contributed by atoms with Crippen molar-refractivity contribution in [3.05, 3.63) is 17.7 Å². The van der Waals surface area contributed by atoms with Gasteiger partial charge in [0.2, 0.25) is 0 Å². The molecule has 1 aromatic rings. The lowest BCUT2D eigenvalue weighted by atomic mass is 9.88. The van der Waals surface area contributed by atoms with Gasteiger partial charge < -0.3 is 14.8 Å². The first kappa shape index (κ1) is 11.8. The topological polar surface area (TPSA) is 42.9 Å². The molecule has 0 amide bonds. The molecule has 1 heterocycles. The fraction of sp³-hybridized carbons (Fsp3) is 0.417. The van der Waals surface area contributed by atoms with E-state index in [-0.39, 0.29) is 0 Å². The summed E-state index contributed by atoms with van der Waals surface area (Å²) in [4.78, 5) is 4.40. The third kappa shape index (κ3) is 2.54. The van der Waals surface area contributed by atoms with E-state index in [1.54, 1.807) is 14.2 Å². The minimum Gasteiger partial charge on any atom is -0.493 e. The molecule has 0 radical (unpaired) electrons. The van der Waals surface area contributed by atoms with E-state index in [1.165, 1.54) is 11.0 Å². The van der Waals surface area contributed by atoms with Crippen LogP contribution in [0, 0.1) is 0 Å². The van der Waals surface area contributed by atoms with E-state index in [2.05, 4.69) is 18.2 Å².